The van der Waals surface area contributed by atoms with E-state index in [9.17, 15) is 0 Å². The Kier molecular flexibility index (Phi) is 5.31. The fraction of sp³-hybridized carbons (Fsp3) is 0.545. The minimum absolute atomic E-state index is 0.0445. The lowest BCUT2D eigenvalue weighted by Gasteiger charge is -2.12. The molecule has 7 heteroatoms. The summed E-state index contributed by atoms with van der Waals surface area (Å²) < 4.78 is 10.6. The SMILES string of the molecule is CCOCCOc1nnc(C)c(C)c1/C(N)=N/O. The van der Waals surface area contributed by atoms with Gasteiger partial charge in [0.25, 0.3) is 0 Å². The van der Waals surface area contributed by atoms with Crippen molar-refractivity contribution in [3.63, 3.8) is 0 Å². The van der Waals surface area contributed by atoms with E-state index in [2.05, 4.69) is 15.4 Å². The molecule has 18 heavy (non-hydrogen) atoms. The van der Waals surface area contributed by atoms with Crippen molar-refractivity contribution in [2.24, 2.45) is 10.9 Å². The van der Waals surface area contributed by atoms with Crippen molar-refractivity contribution >= 4 is 5.84 Å². The molecular weight excluding hydrogens is 236 g/mol. The van der Waals surface area contributed by atoms with Crippen LogP contribution in [0.15, 0.2) is 5.16 Å². The van der Waals surface area contributed by atoms with E-state index in [1.807, 2.05) is 13.8 Å². The first-order chi connectivity index (χ1) is 8.61. The van der Waals surface area contributed by atoms with Gasteiger partial charge in [-0.25, -0.2) is 0 Å². The summed E-state index contributed by atoms with van der Waals surface area (Å²) in [5.74, 6) is 0.199. The zero-order chi connectivity index (χ0) is 13.5. The van der Waals surface area contributed by atoms with Gasteiger partial charge in [-0.1, -0.05) is 5.16 Å². The van der Waals surface area contributed by atoms with Gasteiger partial charge in [-0.3, -0.25) is 0 Å². The minimum Gasteiger partial charge on any atom is -0.474 e. The molecule has 100 valence electrons. The van der Waals surface area contributed by atoms with Gasteiger partial charge in [0, 0.05) is 6.61 Å². The maximum atomic E-state index is 8.77. The molecule has 0 aliphatic heterocycles. The molecule has 0 saturated heterocycles. The highest BCUT2D eigenvalue weighted by Gasteiger charge is 2.16. The van der Waals surface area contributed by atoms with Crippen molar-refractivity contribution in [1.82, 2.24) is 10.2 Å². The van der Waals surface area contributed by atoms with Crippen molar-refractivity contribution in [2.75, 3.05) is 19.8 Å². The van der Waals surface area contributed by atoms with Crippen LogP contribution in [-0.2, 0) is 4.74 Å². The molecule has 1 aromatic heterocycles. The molecule has 0 atom stereocenters. The first-order valence-electron chi connectivity index (χ1n) is 5.64. The molecule has 0 unspecified atom stereocenters. The Labute approximate surface area is 106 Å². The molecule has 1 aromatic rings. The van der Waals surface area contributed by atoms with Crippen LogP contribution in [0.25, 0.3) is 0 Å². The van der Waals surface area contributed by atoms with Crippen LogP contribution in [0.4, 0.5) is 0 Å². The fourth-order valence-corrected chi connectivity index (χ4v) is 1.38. The van der Waals surface area contributed by atoms with Crippen LogP contribution in [0, 0.1) is 13.8 Å². The van der Waals surface area contributed by atoms with Crippen molar-refractivity contribution in [3.8, 4) is 5.88 Å². The second kappa shape index (κ2) is 6.75. The van der Waals surface area contributed by atoms with Gasteiger partial charge in [0.1, 0.15) is 6.61 Å². The normalized spacial score (nSPS) is 11.6. The van der Waals surface area contributed by atoms with Crippen LogP contribution >= 0.6 is 0 Å². The molecule has 0 bridgehead atoms. The number of aryl methyl sites for hydroxylation is 1. The smallest absolute Gasteiger partial charge is 0.245 e. The molecule has 1 rings (SSSR count). The molecule has 1 heterocycles. The molecule has 3 N–H and O–H groups in total. The van der Waals surface area contributed by atoms with Gasteiger partial charge in [-0.15, -0.1) is 5.10 Å². The quantitative estimate of drug-likeness (QED) is 0.253. The van der Waals surface area contributed by atoms with Crippen molar-refractivity contribution < 1.29 is 14.7 Å². The summed E-state index contributed by atoms with van der Waals surface area (Å²) in [4.78, 5) is 0. The van der Waals surface area contributed by atoms with E-state index in [0.29, 0.717) is 31.1 Å². The summed E-state index contributed by atoms with van der Waals surface area (Å²) in [6, 6.07) is 0. The van der Waals surface area contributed by atoms with E-state index in [-0.39, 0.29) is 11.7 Å². The summed E-state index contributed by atoms with van der Waals surface area (Å²) in [5, 5.41) is 19.6. The largest absolute Gasteiger partial charge is 0.474 e. The molecule has 0 amide bonds. The molecule has 0 radical (unpaired) electrons. The van der Waals surface area contributed by atoms with Gasteiger partial charge in [-0.05, 0) is 26.3 Å². The van der Waals surface area contributed by atoms with Crippen LogP contribution in [0.2, 0.25) is 0 Å². The zero-order valence-corrected chi connectivity index (χ0v) is 10.8. The number of hydrogen-bond acceptors (Lipinski definition) is 6. The van der Waals surface area contributed by atoms with E-state index in [0.717, 1.165) is 5.56 Å². The summed E-state index contributed by atoms with van der Waals surface area (Å²) in [6.45, 7) is 6.90. The third kappa shape index (κ3) is 3.30. The Morgan fingerprint density at radius 2 is 2.06 bits per heavy atom. The Balaban J connectivity index is 2.93. The Hall–Kier alpha value is -1.89. The predicted molar refractivity (Wildman–Crippen MR) is 66.0 cm³/mol. The molecule has 0 aromatic carbocycles. The van der Waals surface area contributed by atoms with Gasteiger partial charge in [0.2, 0.25) is 5.88 Å². The number of nitrogens with zero attached hydrogens (tertiary/aromatic N) is 3. The topological polar surface area (TPSA) is 103 Å². The molecule has 0 spiro atoms. The first kappa shape index (κ1) is 14.2. The van der Waals surface area contributed by atoms with Gasteiger partial charge < -0.3 is 20.4 Å². The van der Waals surface area contributed by atoms with E-state index in [4.69, 9.17) is 20.4 Å². The van der Waals surface area contributed by atoms with E-state index < -0.39 is 0 Å². The minimum atomic E-state index is -0.0445. The lowest BCUT2D eigenvalue weighted by Crippen LogP contribution is -2.20. The third-order valence-corrected chi connectivity index (χ3v) is 2.46. The second-order valence-corrected chi connectivity index (χ2v) is 3.62. The maximum Gasteiger partial charge on any atom is 0.245 e. The van der Waals surface area contributed by atoms with Gasteiger partial charge >= 0.3 is 0 Å². The highest BCUT2D eigenvalue weighted by atomic mass is 16.5. The highest BCUT2D eigenvalue weighted by Crippen LogP contribution is 2.20. The molecular formula is C11H18N4O3. The van der Waals surface area contributed by atoms with Gasteiger partial charge in [0.15, 0.2) is 5.84 Å². The van der Waals surface area contributed by atoms with Crippen molar-refractivity contribution in [3.05, 3.63) is 16.8 Å². The van der Waals surface area contributed by atoms with Crippen molar-refractivity contribution in [1.29, 1.82) is 0 Å². The number of aromatic nitrogens is 2. The van der Waals surface area contributed by atoms with Crippen LogP contribution in [-0.4, -0.2) is 41.1 Å². The van der Waals surface area contributed by atoms with Crippen molar-refractivity contribution in [2.45, 2.75) is 20.8 Å². The number of rotatable bonds is 6. The number of amidine groups is 1. The number of hydrogen-bond donors (Lipinski definition) is 2. The molecule has 0 aliphatic rings. The Morgan fingerprint density at radius 3 is 2.67 bits per heavy atom. The van der Waals surface area contributed by atoms with Gasteiger partial charge in [-0.2, -0.15) is 5.10 Å². The summed E-state index contributed by atoms with van der Waals surface area (Å²) in [6.07, 6.45) is 0. The summed E-state index contributed by atoms with van der Waals surface area (Å²) >= 11 is 0. The monoisotopic (exact) mass is 254 g/mol. The molecule has 7 nitrogen and oxygen atoms in total. The predicted octanol–water partition coefficient (Wildman–Crippen LogP) is 0.603. The highest BCUT2D eigenvalue weighted by molar-refractivity contribution is 6.00. The van der Waals surface area contributed by atoms with Crippen LogP contribution in [0.3, 0.4) is 0 Å². The van der Waals surface area contributed by atoms with E-state index >= 15 is 0 Å². The fourth-order valence-electron chi connectivity index (χ4n) is 1.38. The van der Waals surface area contributed by atoms with Crippen LogP contribution in [0.5, 0.6) is 5.88 Å². The average molecular weight is 254 g/mol. The standard InChI is InChI=1S/C11H18N4O3/c1-4-17-5-6-18-11-9(10(12)15-16)7(2)8(3)13-14-11/h16H,4-6H2,1-3H3,(H2,12,15). The number of ether oxygens (including phenoxy) is 2. The molecule has 0 saturated carbocycles. The average Bonchev–Trinajstić information content (AvgIpc) is 2.38. The lowest BCUT2D eigenvalue weighted by atomic mass is 10.1. The molecule has 0 fully saturated rings. The zero-order valence-electron chi connectivity index (χ0n) is 10.8. The maximum absolute atomic E-state index is 8.77. The lowest BCUT2D eigenvalue weighted by molar-refractivity contribution is 0.108. The Bertz CT molecular complexity index is 435. The van der Waals surface area contributed by atoms with E-state index in [1.54, 1.807) is 6.92 Å². The number of nitrogens with two attached hydrogens (primary N) is 1. The van der Waals surface area contributed by atoms with E-state index in [1.165, 1.54) is 0 Å². The second-order valence-electron chi connectivity index (χ2n) is 3.62. The molecule has 0 aliphatic carbocycles. The summed E-state index contributed by atoms with van der Waals surface area (Å²) in [5.41, 5.74) is 7.55. The number of oxime groups is 1. The van der Waals surface area contributed by atoms with Crippen LogP contribution in [0.1, 0.15) is 23.7 Å². The van der Waals surface area contributed by atoms with Gasteiger partial charge in [0.05, 0.1) is 17.9 Å². The van der Waals surface area contributed by atoms with Crippen LogP contribution < -0.4 is 10.5 Å². The first-order valence-corrected chi connectivity index (χ1v) is 5.64. The summed E-state index contributed by atoms with van der Waals surface area (Å²) in [7, 11) is 0. The third-order valence-electron chi connectivity index (χ3n) is 2.46. The Morgan fingerprint density at radius 1 is 1.33 bits per heavy atom.